The molecule has 0 bridgehead atoms. The zero-order chi connectivity index (χ0) is 0. The van der Waals surface area contributed by atoms with Crippen LogP contribution < -0.4 is 0 Å². The van der Waals surface area contributed by atoms with Crippen molar-refractivity contribution >= 4 is 18.9 Å². The van der Waals surface area contributed by atoms with Gasteiger partial charge in [-0.05, 0) is 0 Å². The van der Waals surface area contributed by atoms with Crippen molar-refractivity contribution in [2.75, 3.05) is 0 Å². The van der Waals surface area contributed by atoms with E-state index in [0.29, 0.717) is 0 Å². The molecule has 0 saturated heterocycles. The van der Waals surface area contributed by atoms with Crippen molar-refractivity contribution in [1.82, 2.24) is 0 Å². The Bertz CT molecular complexity index is 11.6. The van der Waals surface area contributed by atoms with Crippen LogP contribution in [0.15, 0.2) is 0 Å². The van der Waals surface area contributed by atoms with Gasteiger partial charge in [0.2, 0.25) is 0 Å². The quantitative estimate of drug-likeness (QED) is 0.374. The molecule has 0 rings (SSSR count). The van der Waals surface area contributed by atoms with E-state index in [9.17, 15) is 0 Å². The Kier molecular flexibility index (Phi) is 165. The van der Waals surface area contributed by atoms with E-state index < -0.39 is 0 Å². The topological polar surface area (TPSA) is 0 Å². The third-order valence-corrected chi connectivity index (χ3v) is 0. The van der Waals surface area contributed by atoms with Gasteiger partial charge in [-0.2, -0.15) is 0 Å². The number of rotatable bonds is 0. The largest absolute Gasteiger partial charge is 0 e. The second kappa shape index (κ2) is 23.9. The first-order valence-electron chi connectivity index (χ1n) is 0. The summed E-state index contributed by atoms with van der Waals surface area (Å²) in [5, 5.41) is 0. The number of hydrogen-bond acceptors (Lipinski definition) is 0. The van der Waals surface area contributed by atoms with Gasteiger partial charge in [-0.3, -0.25) is 0 Å². The molecule has 0 heterocycles. The van der Waals surface area contributed by atoms with E-state index in [1.807, 2.05) is 0 Å². The first-order valence-corrected chi connectivity index (χ1v) is 0. The first-order chi connectivity index (χ1) is 0. The van der Waals surface area contributed by atoms with Gasteiger partial charge in [-0.25, -0.2) is 0 Å². The van der Waals surface area contributed by atoms with Crippen LogP contribution >= 0.6 is 0 Å². The fourth-order valence-electron chi connectivity index (χ4n) is 0. The van der Waals surface area contributed by atoms with Gasteiger partial charge in [0.05, 0.1) is 0 Å². The van der Waals surface area contributed by atoms with Gasteiger partial charge in [-0.15, -0.1) is 0 Å². The molecule has 40 valence electrons. The van der Waals surface area contributed by atoms with Crippen LogP contribution in [0.1, 0.15) is 0 Å². The van der Waals surface area contributed by atoms with Crippen molar-refractivity contribution in [3.8, 4) is 0 Å². The summed E-state index contributed by atoms with van der Waals surface area (Å²) in [4.78, 5) is 0. The first kappa shape index (κ1) is 34.6. The summed E-state index contributed by atoms with van der Waals surface area (Å²) >= 11 is 0. The minimum Gasteiger partial charge on any atom is 0 e. The Morgan fingerprint density at radius 2 is 1.00 bits per heavy atom. The normalized spacial score (nSPS) is 0. The van der Waals surface area contributed by atoms with Crippen LogP contribution in [0.25, 0.3) is 0 Å². The molecule has 0 aromatic carbocycles. The second-order valence-electron chi connectivity index (χ2n) is 0. The molecule has 0 aliphatic heterocycles. The summed E-state index contributed by atoms with van der Waals surface area (Å²) in [5.41, 5.74) is 0. The van der Waals surface area contributed by atoms with Gasteiger partial charge in [0, 0.05) is 113 Å². The predicted octanol–water partition coefficient (Wildman–Crippen LogP) is -0.653. The summed E-state index contributed by atoms with van der Waals surface area (Å²) in [6, 6.07) is 0. The van der Waals surface area contributed by atoms with E-state index in [1.54, 1.807) is 0 Å². The molecule has 0 unspecified atom stereocenters. The third kappa shape index (κ3) is 17.8. The van der Waals surface area contributed by atoms with Gasteiger partial charge >= 0.3 is 18.9 Å². The molecule has 0 N–H and O–H groups in total. The van der Waals surface area contributed by atoms with Crippen LogP contribution in [0.3, 0.4) is 0 Å². The van der Waals surface area contributed by atoms with E-state index >= 15 is 0 Å². The molecule has 0 spiro atoms. The zero-order valence-electron chi connectivity index (χ0n) is 1.59. The maximum absolute atomic E-state index is 0. The zero-order valence-corrected chi connectivity index (χ0v) is 9.70. The maximum Gasteiger partial charge on any atom is 0 e. The molecule has 0 aromatic rings. The van der Waals surface area contributed by atoms with Gasteiger partial charge in [0.15, 0.2) is 0 Å². The molecular formula is HErLiLuRhZn. The summed E-state index contributed by atoms with van der Waals surface area (Å²) < 4.78 is 0. The molecule has 0 atom stereocenters. The molecule has 0 saturated carbocycles. The van der Waals surface area contributed by atoms with Gasteiger partial charge in [-0.1, -0.05) is 0 Å². The standard InChI is InChI=1S/Er.Li.Lu.Rh.Zn.H. The van der Waals surface area contributed by atoms with E-state index in [1.165, 1.54) is 0 Å². The van der Waals surface area contributed by atoms with E-state index in [2.05, 4.69) is 0 Å². The van der Waals surface area contributed by atoms with Crippen molar-refractivity contribution in [3.05, 3.63) is 0 Å². The maximum atomic E-state index is 0. The molecule has 0 aliphatic rings. The summed E-state index contributed by atoms with van der Waals surface area (Å²) in [6.45, 7) is 0. The molecule has 0 amide bonds. The Morgan fingerprint density at radius 3 is 1.00 bits per heavy atom. The second-order valence-corrected chi connectivity index (χ2v) is 0. The molecule has 5 heavy (non-hydrogen) atoms. The van der Waals surface area contributed by atoms with Crippen molar-refractivity contribution in [3.63, 3.8) is 0 Å². The van der Waals surface area contributed by atoms with Crippen LogP contribution in [0, 0.1) is 74.2 Å². The Hall–Kier alpha value is 4.32. The average molecular weight is 518 g/mol. The van der Waals surface area contributed by atoms with Crippen LogP contribution in [0.2, 0.25) is 0 Å². The van der Waals surface area contributed by atoms with E-state index in [0.717, 1.165) is 0 Å². The SMILES string of the molecule is [Er].[LiH].[Lu].[Rh].[Zn]. The van der Waals surface area contributed by atoms with Crippen LogP contribution in [-0.2, 0) is 39.0 Å². The summed E-state index contributed by atoms with van der Waals surface area (Å²) in [5.74, 6) is 0. The van der Waals surface area contributed by atoms with E-state index in [4.69, 9.17) is 0 Å². The Morgan fingerprint density at radius 1 is 1.00 bits per heavy atom. The fourth-order valence-corrected chi connectivity index (χ4v) is 0. The average Bonchev–Trinajstić information content (AvgIpc) is 0. The number of hydrogen-bond donors (Lipinski definition) is 0. The van der Waals surface area contributed by atoms with Crippen molar-refractivity contribution in [2.24, 2.45) is 0 Å². The molecule has 0 nitrogen and oxygen atoms in total. The van der Waals surface area contributed by atoms with Crippen LogP contribution in [0.4, 0.5) is 0 Å². The molecule has 0 aromatic heterocycles. The smallest absolute Gasteiger partial charge is 0 e. The predicted molar refractivity (Wildman–Crippen MR) is 7.15 cm³/mol. The summed E-state index contributed by atoms with van der Waals surface area (Å²) in [7, 11) is 0. The van der Waals surface area contributed by atoms with Crippen molar-refractivity contribution in [1.29, 1.82) is 0 Å². The van der Waals surface area contributed by atoms with Crippen LogP contribution in [-0.4, -0.2) is 18.9 Å². The molecule has 0 fully saturated rings. The monoisotopic (exact) mass is 516 g/mol. The molecule has 0 aliphatic carbocycles. The molecule has 5 heteroatoms. The third-order valence-electron chi connectivity index (χ3n) is 0. The van der Waals surface area contributed by atoms with Crippen molar-refractivity contribution in [2.45, 2.75) is 0 Å². The minimum atomic E-state index is 0. The molecular weight excluding hydrogens is 517 g/mol. The van der Waals surface area contributed by atoms with Crippen LogP contribution in [0.5, 0.6) is 0 Å². The molecule has 2 radical (unpaired) electrons. The van der Waals surface area contributed by atoms with E-state index in [-0.39, 0.29) is 132 Å². The fraction of sp³-hybridized carbons (Fsp3) is 0. The van der Waals surface area contributed by atoms with Crippen molar-refractivity contribution < 1.29 is 113 Å². The van der Waals surface area contributed by atoms with Gasteiger partial charge in [0.25, 0.3) is 0 Å². The minimum absolute atomic E-state index is 0. The summed E-state index contributed by atoms with van der Waals surface area (Å²) in [6.07, 6.45) is 0. The Labute approximate surface area is 128 Å². The Balaban J connectivity index is 0. The van der Waals surface area contributed by atoms with Gasteiger partial charge < -0.3 is 0 Å². The van der Waals surface area contributed by atoms with Gasteiger partial charge in [0.1, 0.15) is 0 Å².